The number of hydrogen-bond acceptors (Lipinski definition) is 3. The van der Waals surface area contributed by atoms with Gasteiger partial charge in [-0.1, -0.05) is 30.3 Å². The number of quaternary nitrogens is 1. The Balaban J connectivity index is 1.93. The molecule has 1 fully saturated rings. The minimum absolute atomic E-state index is 0.0876. The molecule has 1 spiro atoms. The molecule has 2 unspecified atom stereocenters. The van der Waals surface area contributed by atoms with Crippen LogP contribution in [0.3, 0.4) is 0 Å². The summed E-state index contributed by atoms with van der Waals surface area (Å²) in [6, 6.07) is 17.6. The van der Waals surface area contributed by atoms with Gasteiger partial charge in [-0.05, 0) is 24.3 Å². The van der Waals surface area contributed by atoms with Gasteiger partial charge in [0.15, 0.2) is 11.3 Å². The third-order valence-corrected chi connectivity index (χ3v) is 4.85. The Labute approximate surface area is 129 Å². The number of hydroxylamine groups is 3. The van der Waals surface area contributed by atoms with Crippen molar-refractivity contribution >= 4 is 17.2 Å². The first kappa shape index (κ1) is 13.5. The van der Waals surface area contributed by atoms with Crippen molar-refractivity contribution < 1.29 is 9.44 Å². The first-order valence-corrected chi connectivity index (χ1v) is 7.58. The molecule has 1 saturated heterocycles. The smallest absolute Gasteiger partial charge is 0.196 e. The number of carbonyl (C=O) groups excluding carboxylic acids is 1. The minimum atomic E-state index is -0.735. The number of likely N-dealkylation sites (N-methyl/N-ethyl adjacent to an activating group) is 1. The van der Waals surface area contributed by atoms with Gasteiger partial charge in [-0.15, -0.1) is 0 Å². The van der Waals surface area contributed by atoms with E-state index in [1.807, 2.05) is 54.6 Å². The van der Waals surface area contributed by atoms with Crippen molar-refractivity contribution in [3.8, 4) is 0 Å². The number of ketones is 1. The SMILES string of the molecule is C[N+]1([O-])CCC2(C1)C(=O)c1ccccc1N2c1ccccc1. The molecule has 0 radical (unpaired) electrons. The molecule has 4 heteroatoms. The molecule has 0 aliphatic carbocycles. The quantitative estimate of drug-likeness (QED) is 0.599. The van der Waals surface area contributed by atoms with Gasteiger partial charge in [0.1, 0.15) is 6.54 Å². The molecule has 0 aromatic heterocycles. The van der Waals surface area contributed by atoms with Crippen molar-refractivity contribution in [2.24, 2.45) is 0 Å². The first-order valence-electron chi connectivity index (χ1n) is 7.58. The van der Waals surface area contributed by atoms with Crippen LogP contribution >= 0.6 is 0 Å². The average molecular weight is 294 g/mol. The lowest BCUT2D eigenvalue weighted by molar-refractivity contribution is -0.848. The van der Waals surface area contributed by atoms with Gasteiger partial charge in [0.2, 0.25) is 0 Å². The zero-order valence-electron chi connectivity index (χ0n) is 12.5. The minimum Gasteiger partial charge on any atom is -0.633 e. The van der Waals surface area contributed by atoms with Gasteiger partial charge in [0.25, 0.3) is 0 Å². The van der Waals surface area contributed by atoms with Crippen molar-refractivity contribution in [1.29, 1.82) is 0 Å². The summed E-state index contributed by atoms with van der Waals surface area (Å²) < 4.78 is -0.358. The van der Waals surface area contributed by atoms with Crippen LogP contribution in [-0.2, 0) is 0 Å². The van der Waals surface area contributed by atoms with Gasteiger partial charge in [0, 0.05) is 17.7 Å². The predicted octanol–water partition coefficient (Wildman–Crippen LogP) is 3.11. The Kier molecular flexibility index (Phi) is 2.71. The fourth-order valence-electron chi connectivity index (χ4n) is 3.91. The molecule has 0 amide bonds. The molecule has 2 atom stereocenters. The number of fused-ring (bicyclic) bond motifs is 1. The average Bonchev–Trinajstić information content (AvgIpc) is 2.96. The molecule has 2 aromatic rings. The van der Waals surface area contributed by atoms with Crippen molar-refractivity contribution in [1.82, 2.24) is 0 Å². The lowest BCUT2D eigenvalue weighted by atomic mass is 9.91. The van der Waals surface area contributed by atoms with E-state index in [1.165, 1.54) is 0 Å². The number of para-hydroxylation sites is 2. The molecule has 2 aromatic carbocycles. The standard InChI is InChI=1S/C18H18N2O2/c1-20(22)12-11-18(13-20)17(21)15-9-5-6-10-16(15)19(18)14-7-3-2-4-8-14/h2-10H,11-13H2,1H3. The van der Waals surface area contributed by atoms with Crippen LogP contribution in [0.5, 0.6) is 0 Å². The zero-order chi connectivity index (χ0) is 15.4. The summed E-state index contributed by atoms with van der Waals surface area (Å²) in [6.45, 7) is 0.776. The Bertz CT molecular complexity index is 742. The molecule has 112 valence electrons. The Morgan fingerprint density at radius 3 is 2.45 bits per heavy atom. The van der Waals surface area contributed by atoms with Gasteiger partial charge < -0.3 is 14.8 Å². The van der Waals surface area contributed by atoms with Crippen LogP contribution in [0.2, 0.25) is 0 Å². The highest BCUT2D eigenvalue weighted by atomic mass is 16.5. The summed E-state index contributed by atoms with van der Waals surface area (Å²) in [6.07, 6.45) is 0.593. The highest BCUT2D eigenvalue weighted by molar-refractivity contribution is 6.16. The topological polar surface area (TPSA) is 43.4 Å². The lowest BCUT2D eigenvalue weighted by Crippen LogP contribution is -2.52. The second-order valence-electron chi connectivity index (χ2n) is 6.48. The van der Waals surface area contributed by atoms with E-state index in [2.05, 4.69) is 4.90 Å². The first-order chi connectivity index (χ1) is 10.5. The van der Waals surface area contributed by atoms with Gasteiger partial charge in [-0.25, -0.2) is 0 Å². The largest absolute Gasteiger partial charge is 0.633 e. The van der Waals surface area contributed by atoms with Crippen LogP contribution < -0.4 is 4.90 Å². The monoisotopic (exact) mass is 294 g/mol. The van der Waals surface area contributed by atoms with E-state index < -0.39 is 5.54 Å². The van der Waals surface area contributed by atoms with E-state index in [0.29, 0.717) is 19.5 Å². The molecule has 0 N–H and O–H groups in total. The fourth-order valence-corrected chi connectivity index (χ4v) is 3.91. The molecule has 22 heavy (non-hydrogen) atoms. The van der Waals surface area contributed by atoms with Crippen LogP contribution in [-0.4, -0.2) is 36.1 Å². The Hall–Kier alpha value is -2.17. The second kappa shape index (κ2) is 4.41. The number of likely N-dealkylation sites (tertiary alicyclic amines) is 1. The highest BCUT2D eigenvalue weighted by Crippen LogP contribution is 2.48. The fraction of sp³-hybridized carbons (Fsp3) is 0.278. The normalized spacial score (nSPS) is 30.1. The van der Waals surface area contributed by atoms with Crippen molar-refractivity contribution in [3.05, 3.63) is 65.4 Å². The molecule has 4 rings (SSSR count). The number of carbonyl (C=O) groups is 1. The van der Waals surface area contributed by atoms with E-state index in [4.69, 9.17) is 0 Å². The Morgan fingerprint density at radius 2 is 1.77 bits per heavy atom. The van der Waals surface area contributed by atoms with E-state index >= 15 is 0 Å². The molecule has 0 saturated carbocycles. The summed E-state index contributed by atoms with van der Waals surface area (Å²) in [7, 11) is 1.66. The van der Waals surface area contributed by atoms with Gasteiger partial charge in [-0.2, -0.15) is 0 Å². The van der Waals surface area contributed by atoms with Crippen LogP contribution in [0, 0.1) is 5.21 Å². The summed E-state index contributed by atoms with van der Waals surface area (Å²) in [4.78, 5) is 15.2. The van der Waals surface area contributed by atoms with Gasteiger partial charge in [0.05, 0.1) is 19.3 Å². The van der Waals surface area contributed by atoms with E-state index in [1.54, 1.807) is 7.05 Å². The third kappa shape index (κ3) is 1.74. The molecule has 4 nitrogen and oxygen atoms in total. The van der Waals surface area contributed by atoms with Crippen molar-refractivity contribution in [2.45, 2.75) is 12.0 Å². The number of Topliss-reactive ketones (excluding diaryl/α,β-unsaturated/α-hetero) is 1. The number of nitrogens with zero attached hydrogens (tertiary/aromatic N) is 2. The van der Waals surface area contributed by atoms with Crippen molar-refractivity contribution in [2.75, 3.05) is 25.0 Å². The van der Waals surface area contributed by atoms with E-state index in [9.17, 15) is 10.0 Å². The molecule has 0 bridgehead atoms. The summed E-state index contributed by atoms with van der Waals surface area (Å²) in [5.41, 5.74) is 1.89. The van der Waals surface area contributed by atoms with E-state index in [-0.39, 0.29) is 10.4 Å². The summed E-state index contributed by atoms with van der Waals surface area (Å²) in [5.74, 6) is 0.0876. The maximum atomic E-state index is 13.1. The predicted molar refractivity (Wildman–Crippen MR) is 86.0 cm³/mol. The number of hydrogen-bond donors (Lipinski definition) is 0. The second-order valence-corrected chi connectivity index (χ2v) is 6.48. The van der Waals surface area contributed by atoms with Gasteiger partial charge >= 0.3 is 0 Å². The maximum absolute atomic E-state index is 13.1. The van der Waals surface area contributed by atoms with Crippen molar-refractivity contribution in [3.63, 3.8) is 0 Å². The molecule has 2 heterocycles. The number of anilines is 2. The third-order valence-electron chi connectivity index (χ3n) is 4.85. The maximum Gasteiger partial charge on any atom is 0.196 e. The number of benzene rings is 2. The van der Waals surface area contributed by atoms with Gasteiger partial charge in [-0.3, -0.25) is 4.79 Å². The number of rotatable bonds is 1. The molecular formula is C18H18N2O2. The highest BCUT2D eigenvalue weighted by Gasteiger charge is 2.58. The summed E-state index contributed by atoms with van der Waals surface area (Å²) >= 11 is 0. The molecule has 2 aliphatic rings. The van der Waals surface area contributed by atoms with E-state index in [0.717, 1.165) is 16.9 Å². The Morgan fingerprint density at radius 1 is 1.09 bits per heavy atom. The summed E-state index contributed by atoms with van der Waals surface area (Å²) in [5, 5.41) is 12.5. The lowest BCUT2D eigenvalue weighted by Gasteiger charge is -2.39. The molecular weight excluding hydrogens is 276 g/mol. The molecule has 2 aliphatic heterocycles. The van der Waals surface area contributed by atoms with Crippen LogP contribution in [0.25, 0.3) is 0 Å². The van der Waals surface area contributed by atoms with Crippen LogP contribution in [0.4, 0.5) is 11.4 Å². The zero-order valence-corrected chi connectivity index (χ0v) is 12.5. The van der Waals surface area contributed by atoms with Crippen LogP contribution in [0.15, 0.2) is 54.6 Å². The van der Waals surface area contributed by atoms with Crippen LogP contribution in [0.1, 0.15) is 16.8 Å².